The number of nitrogens with one attached hydrogen (secondary N) is 2. The van der Waals surface area contributed by atoms with Gasteiger partial charge in [-0.3, -0.25) is 9.59 Å². The first-order chi connectivity index (χ1) is 37.9. The lowest BCUT2D eigenvalue weighted by Crippen LogP contribution is -2.48. The number of aliphatic hydroxyl groups is 1. The Morgan fingerprint density at radius 2 is 1.23 bits per heavy atom. The second-order valence-corrected chi connectivity index (χ2v) is 21.3. The minimum Gasteiger partial charge on any atom is -0.423 e. The van der Waals surface area contributed by atoms with Gasteiger partial charge in [-0.05, 0) is 155 Å². The molecule has 0 spiro atoms. The van der Waals surface area contributed by atoms with Crippen LogP contribution >= 0.6 is 15.9 Å². The number of nitrogens with two attached hydrogens (primary N) is 1. The Labute approximate surface area is 483 Å². The fraction of sp³-hybridized carbons (Fsp3) is 0.323. The Morgan fingerprint density at radius 1 is 0.713 bits per heavy atom. The van der Waals surface area contributed by atoms with Gasteiger partial charge in [0, 0.05) is 49.9 Å². The first-order valence-corrected chi connectivity index (χ1v) is 27.5. The minimum absolute atomic E-state index is 0.00445. The fourth-order valence-corrected chi connectivity index (χ4v) is 7.86. The number of carbonyl (C=O) groups is 2. The number of aliphatic hydroxyl groups excluding tert-OH is 1. The molecule has 0 radical (unpaired) electrons. The highest BCUT2D eigenvalue weighted by Gasteiger charge is 2.25. The summed E-state index contributed by atoms with van der Waals surface area (Å²) in [5, 5.41) is 51.7. The molecule has 0 aliphatic carbocycles. The molecule has 0 aliphatic rings. The number of nitriles is 2. The van der Waals surface area contributed by atoms with Crippen molar-refractivity contribution >= 4 is 45.9 Å². The number of nitrogens with zero attached hydrogens (tertiary/aromatic N) is 3. The van der Waals surface area contributed by atoms with Crippen LogP contribution in [0, 0.1) is 41.2 Å². The van der Waals surface area contributed by atoms with Crippen molar-refractivity contribution in [3.63, 3.8) is 0 Å². The van der Waals surface area contributed by atoms with Gasteiger partial charge in [-0.25, -0.2) is 8.78 Å². The molecule has 15 heteroatoms. The average Bonchev–Trinajstić information content (AvgIpc) is 3.42. The van der Waals surface area contributed by atoms with Crippen LogP contribution in [0.1, 0.15) is 151 Å². The SMILES string of the molecule is C=C(C)Br.C=C(C)c1cccc(C#N)c1.CC(C)c1cccc(CN)c1.CCCN(CCC)C(=O)c1cc(C)cc(C(=O)N[C@@H](Cc2cc(F)cc(F)c2)[C@H](O)CNCc2cccc(C(C)C)c2)c1.N#Cc1cccc(B(O)O)c1. The van der Waals surface area contributed by atoms with Crippen molar-refractivity contribution in [2.24, 2.45) is 5.73 Å². The largest absolute Gasteiger partial charge is 0.488 e. The molecule has 0 saturated carbocycles. The highest BCUT2D eigenvalue weighted by Crippen LogP contribution is 2.19. The first kappa shape index (κ1) is 69.0. The van der Waals surface area contributed by atoms with Crippen molar-refractivity contribution in [3.05, 3.63) is 224 Å². The molecule has 0 heterocycles. The Hall–Kier alpha value is -7.08. The van der Waals surface area contributed by atoms with E-state index in [9.17, 15) is 23.5 Å². The monoisotopic (exact) mass is 1150 g/mol. The standard InChI is InChI=1S/C35H45F2N3O3.C10H15N.C10H9N.C7H6BNO2.C3H5Br/c1-6-11-40(12-7-2)35(43)29-14-24(5)13-28(19-29)34(42)39-32(18-26-16-30(36)20-31(37)17-26)33(41)22-38-21-25-9-8-10-27(15-25)23(3)4;2*1-8(2)10-5-3-4-9(6-10)7-11;9-5-6-2-1-3-7(4-6)8(10)11;1-3(2)4/h8-10,13-17,19-20,23,32-33,38,41H,6-7,11-12,18,21-22H2,1-5H3,(H,39,42);3-6,8H,7,11H2,1-2H3;3-6H,1H2,2H3;1-4,10-11H;1H2,2H3/t32-,33+;;;;/m0..../s1. The van der Waals surface area contributed by atoms with Crippen LogP contribution in [0.15, 0.2) is 151 Å². The Kier molecular flexibility index (Phi) is 31.9. The van der Waals surface area contributed by atoms with E-state index >= 15 is 0 Å². The molecule has 2 atom stereocenters. The molecule has 6 aromatic carbocycles. The molecule has 0 bridgehead atoms. The molecule has 0 unspecified atom stereocenters. The number of allylic oxidation sites excluding steroid dienone is 2. The summed E-state index contributed by atoms with van der Waals surface area (Å²) < 4.78 is 29.0. The molecular weight excluding hydrogens is 1070 g/mol. The van der Waals surface area contributed by atoms with Crippen molar-refractivity contribution < 1.29 is 33.5 Å². The van der Waals surface area contributed by atoms with Crippen molar-refractivity contribution in [3.8, 4) is 12.1 Å². The van der Waals surface area contributed by atoms with E-state index in [1.54, 1.807) is 47.4 Å². The molecule has 80 heavy (non-hydrogen) atoms. The van der Waals surface area contributed by atoms with Crippen molar-refractivity contribution in [1.82, 2.24) is 15.5 Å². The number of amides is 2. The molecule has 0 aromatic heterocycles. The van der Waals surface area contributed by atoms with Gasteiger partial charge in [0.1, 0.15) is 11.6 Å². The summed E-state index contributed by atoms with van der Waals surface area (Å²) >= 11 is 3.08. The van der Waals surface area contributed by atoms with Gasteiger partial charge in [0.05, 0.1) is 35.4 Å². The molecular formula is C65H80BBrF2N6O5. The number of benzene rings is 6. The molecule has 424 valence electrons. The van der Waals surface area contributed by atoms with E-state index in [0.29, 0.717) is 65.7 Å². The predicted molar refractivity (Wildman–Crippen MR) is 326 cm³/mol. The van der Waals surface area contributed by atoms with Gasteiger partial charge < -0.3 is 36.4 Å². The quantitative estimate of drug-likeness (QED) is 0.0428. The lowest BCUT2D eigenvalue weighted by molar-refractivity contribution is 0.0755. The number of aryl methyl sites for hydroxylation is 1. The minimum atomic E-state index is -1.50. The van der Waals surface area contributed by atoms with Crippen LogP contribution in [-0.4, -0.2) is 70.8 Å². The molecule has 0 aliphatic heterocycles. The van der Waals surface area contributed by atoms with Gasteiger partial charge in [-0.15, -0.1) is 0 Å². The third-order valence-electron chi connectivity index (χ3n) is 12.0. The zero-order chi connectivity index (χ0) is 59.9. The highest BCUT2D eigenvalue weighted by molar-refractivity contribution is 9.11. The fourth-order valence-electron chi connectivity index (χ4n) is 7.86. The van der Waals surface area contributed by atoms with Crippen LogP contribution < -0.4 is 21.8 Å². The zero-order valence-electron chi connectivity index (χ0n) is 47.9. The number of carbonyl (C=O) groups excluding carboxylic acids is 2. The summed E-state index contributed by atoms with van der Waals surface area (Å²) in [7, 11) is -1.50. The lowest BCUT2D eigenvalue weighted by Gasteiger charge is -2.25. The van der Waals surface area contributed by atoms with Crippen molar-refractivity contribution in [2.45, 2.75) is 119 Å². The van der Waals surface area contributed by atoms with Crippen LogP contribution in [0.25, 0.3) is 5.57 Å². The summed E-state index contributed by atoms with van der Waals surface area (Å²) in [5.41, 5.74) is 15.6. The van der Waals surface area contributed by atoms with E-state index in [0.717, 1.165) is 45.7 Å². The molecule has 6 rings (SSSR count). The van der Waals surface area contributed by atoms with Gasteiger partial charge in [-0.1, -0.05) is 149 Å². The maximum Gasteiger partial charge on any atom is 0.488 e. The molecule has 11 nitrogen and oxygen atoms in total. The second kappa shape index (κ2) is 37.0. The van der Waals surface area contributed by atoms with E-state index < -0.39 is 36.8 Å². The number of hydrogen-bond acceptors (Lipinski definition) is 9. The van der Waals surface area contributed by atoms with Crippen molar-refractivity contribution in [2.75, 3.05) is 19.6 Å². The van der Waals surface area contributed by atoms with Crippen molar-refractivity contribution in [1.29, 1.82) is 10.5 Å². The van der Waals surface area contributed by atoms with Crippen LogP contribution in [0.2, 0.25) is 0 Å². The van der Waals surface area contributed by atoms with Gasteiger partial charge in [0.2, 0.25) is 0 Å². The smallest absolute Gasteiger partial charge is 0.423 e. The average molecular weight is 1150 g/mol. The lowest BCUT2D eigenvalue weighted by atomic mass is 9.80. The van der Waals surface area contributed by atoms with E-state index in [-0.39, 0.29) is 24.4 Å². The third kappa shape index (κ3) is 26.3. The molecule has 6 aromatic rings. The number of hydrogen-bond donors (Lipinski definition) is 6. The third-order valence-corrected chi connectivity index (χ3v) is 12.0. The number of halogens is 3. The summed E-state index contributed by atoms with van der Waals surface area (Å²) in [5.74, 6) is -1.11. The van der Waals surface area contributed by atoms with Gasteiger partial charge >= 0.3 is 7.12 Å². The summed E-state index contributed by atoms with van der Waals surface area (Å²) in [6.07, 6.45) is 0.578. The maximum atomic E-state index is 14.0. The summed E-state index contributed by atoms with van der Waals surface area (Å²) in [6, 6.07) is 41.5. The van der Waals surface area contributed by atoms with Gasteiger partial charge in [0.25, 0.3) is 11.8 Å². The van der Waals surface area contributed by atoms with Crippen LogP contribution in [0.3, 0.4) is 0 Å². The zero-order valence-corrected chi connectivity index (χ0v) is 49.5. The van der Waals surface area contributed by atoms with E-state index in [1.165, 1.54) is 34.9 Å². The van der Waals surface area contributed by atoms with Crippen LogP contribution in [0.4, 0.5) is 8.78 Å². The summed E-state index contributed by atoms with van der Waals surface area (Å²) in [4.78, 5) is 28.6. The number of rotatable bonds is 19. The molecule has 0 saturated heterocycles. The van der Waals surface area contributed by atoms with E-state index in [4.69, 9.17) is 26.3 Å². The Morgan fingerprint density at radius 3 is 1.74 bits per heavy atom. The van der Waals surface area contributed by atoms with Gasteiger partial charge in [0.15, 0.2) is 0 Å². The Balaban J connectivity index is 0.000000468. The topological polar surface area (TPSA) is 196 Å². The molecule has 2 amide bonds. The van der Waals surface area contributed by atoms with E-state index in [2.05, 4.69) is 110 Å². The maximum absolute atomic E-state index is 14.0. The second-order valence-electron chi connectivity index (χ2n) is 19.9. The van der Waals surface area contributed by atoms with Crippen LogP contribution in [-0.2, 0) is 19.5 Å². The summed E-state index contributed by atoms with van der Waals surface area (Å²) in [6.45, 7) is 28.1. The Bertz CT molecular complexity index is 2980. The van der Waals surface area contributed by atoms with Crippen LogP contribution in [0.5, 0.6) is 0 Å². The van der Waals surface area contributed by atoms with Gasteiger partial charge in [-0.2, -0.15) is 10.5 Å². The molecule has 7 N–H and O–H groups in total. The van der Waals surface area contributed by atoms with E-state index in [1.807, 2.05) is 71.0 Å². The first-order valence-electron chi connectivity index (χ1n) is 26.7. The predicted octanol–water partition coefficient (Wildman–Crippen LogP) is 12.2. The molecule has 0 fully saturated rings. The normalized spacial score (nSPS) is 11.0. The highest BCUT2D eigenvalue weighted by atomic mass is 79.9.